The van der Waals surface area contributed by atoms with Gasteiger partial charge in [-0.05, 0) is 62.7 Å². The minimum absolute atomic E-state index is 0.104. The average Bonchev–Trinajstić information content (AvgIpc) is 2.95. The number of nitrogens with one attached hydrogen (secondary N) is 4. The quantitative estimate of drug-likeness (QED) is 0.257. The fourth-order valence-electron chi connectivity index (χ4n) is 4.43. The number of benzene rings is 1. The van der Waals surface area contributed by atoms with E-state index < -0.39 is 17.7 Å². The number of urea groups is 1. The van der Waals surface area contributed by atoms with Crippen molar-refractivity contribution in [3.63, 3.8) is 0 Å². The van der Waals surface area contributed by atoms with Gasteiger partial charge in [-0.15, -0.1) is 0 Å². The minimum Gasteiger partial charge on any atom is -0.384 e. The van der Waals surface area contributed by atoms with Crippen LogP contribution >= 0.6 is 0 Å². The lowest BCUT2D eigenvalue weighted by molar-refractivity contribution is 0.0947. The molecule has 0 radical (unpaired) electrons. The van der Waals surface area contributed by atoms with E-state index in [0.29, 0.717) is 30.0 Å². The van der Waals surface area contributed by atoms with Gasteiger partial charge in [-0.3, -0.25) is 4.79 Å². The Morgan fingerprint density at radius 1 is 1.02 bits per heavy atom. The second-order valence-electron chi connectivity index (χ2n) is 9.49. The summed E-state index contributed by atoms with van der Waals surface area (Å²) in [5.41, 5.74) is 6.25. The predicted molar refractivity (Wildman–Crippen MR) is 151 cm³/mol. The number of carbonyl (C=O) groups is 2. The highest BCUT2D eigenvalue weighted by atomic mass is 19.1. The highest BCUT2D eigenvalue weighted by molar-refractivity contribution is 5.99. The Bertz CT molecular complexity index is 1330. The molecule has 0 aliphatic carbocycles. The average molecular weight is 553 g/mol. The lowest BCUT2D eigenvalue weighted by Crippen LogP contribution is -2.37. The van der Waals surface area contributed by atoms with E-state index in [0.717, 1.165) is 31.8 Å². The molecule has 3 aromatic rings. The first kappa shape index (κ1) is 28.7. The molecule has 3 amide bonds. The molecule has 2 aromatic heterocycles. The zero-order chi connectivity index (χ0) is 28.5. The molecule has 3 heterocycles. The molecule has 1 saturated heterocycles. The molecule has 1 aromatic carbocycles. The Balaban J connectivity index is 1.42. The van der Waals surface area contributed by atoms with Crippen LogP contribution in [0.3, 0.4) is 0 Å². The predicted octanol–water partition coefficient (Wildman–Crippen LogP) is 3.97. The van der Waals surface area contributed by atoms with Gasteiger partial charge in [0.25, 0.3) is 5.91 Å². The van der Waals surface area contributed by atoms with Crippen molar-refractivity contribution in [3.05, 3.63) is 65.4 Å². The van der Waals surface area contributed by atoms with E-state index in [2.05, 4.69) is 36.1 Å². The number of pyridine rings is 2. The summed E-state index contributed by atoms with van der Waals surface area (Å²) >= 11 is 0. The SMILES string of the molecule is CCNc1nc(-c2cc(F)c(NC(=O)NCc3ccc(N)nc3)cc2F)ccc1C(=O)NCCN1CCCCC1. The molecule has 1 fully saturated rings. The molecular weight excluding hydrogens is 518 g/mol. The number of nitrogen functional groups attached to an aromatic ring is 1. The molecule has 10 nitrogen and oxygen atoms in total. The van der Waals surface area contributed by atoms with Crippen molar-refractivity contribution in [1.29, 1.82) is 0 Å². The molecular formula is C28H34F2N8O2. The number of likely N-dealkylation sites (tertiary alicyclic amines) is 1. The number of nitrogens with two attached hydrogens (primary N) is 1. The van der Waals surface area contributed by atoms with E-state index in [1.54, 1.807) is 18.2 Å². The molecule has 1 aliphatic rings. The Morgan fingerprint density at radius 2 is 1.82 bits per heavy atom. The zero-order valence-electron chi connectivity index (χ0n) is 22.4. The van der Waals surface area contributed by atoms with Gasteiger partial charge in [-0.25, -0.2) is 23.5 Å². The smallest absolute Gasteiger partial charge is 0.319 e. The first-order chi connectivity index (χ1) is 19.3. The molecule has 1 aliphatic heterocycles. The third kappa shape index (κ3) is 7.63. The standard InChI is InChI=1S/C28H34F2N8O2/c1-2-32-26-19(27(39)33-10-13-38-11-4-3-5-12-38)7-8-23(36-26)20-14-22(30)24(15-21(20)29)37-28(40)35-17-18-6-9-25(31)34-16-18/h6-9,14-16H,2-5,10-13,17H2,1H3,(H2,31,34)(H,32,36)(H,33,39)(H2,35,37,40). The third-order valence-corrected chi connectivity index (χ3v) is 6.53. The van der Waals surface area contributed by atoms with Crippen molar-refractivity contribution < 1.29 is 18.4 Å². The second-order valence-corrected chi connectivity index (χ2v) is 9.49. The van der Waals surface area contributed by atoms with E-state index >= 15 is 4.39 Å². The number of piperidine rings is 1. The van der Waals surface area contributed by atoms with Crippen molar-refractivity contribution in [2.45, 2.75) is 32.7 Å². The lowest BCUT2D eigenvalue weighted by Gasteiger charge is -2.26. The van der Waals surface area contributed by atoms with Crippen LogP contribution in [0.4, 0.5) is 30.9 Å². The van der Waals surface area contributed by atoms with E-state index in [4.69, 9.17) is 5.73 Å². The van der Waals surface area contributed by atoms with Crippen LogP contribution in [-0.2, 0) is 6.54 Å². The van der Waals surface area contributed by atoms with Crippen LogP contribution < -0.4 is 27.0 Å². The van der Waals surface area contributed by atoms with Crippen LogP contribution in [0.2, 0.25) is 0 Å². The molecule has 0 bridgehead atoms. The summed E-state index contributed by atoms with van der Waals surface area (Å²) in [6.07, 6.45) is 5.10. The van der Waals surface area contributed by atoms with Crippen LogP contribution in [0.5, 0.6) is 0 Å². The highest BCUT2D eigenvalue weighted by Crippen LogP contribution is 2.29. The number of amides is 3. The Hall–Kier alpha value is -4.32. The van der Waals surface area contributed by atoms with Gasteiger partial charge in [0.2, 0.25) is 0 Å². The molecule has 4 rings (SSSR count). The number of hydrogen-bond donors (Lipinski definition) is 5. The highest BCUT2D eigenvalue weighted by Gasteiger charge is 2.19. The van der Waals surface area contributed by atoms with E-state index in [-0.39, 0.29) is 35.2 Å². The van der Waals surface area contributed by atoms with Gasteiger partial charge in [-0.2, -0.15) is 0 Å². The van der Waals surface area contributed by atoms with E-state index in [9.17, 15) is 14.0 Å². The topological polar surface area (TPSA) is 137 Å². The van der Waals surface area contributed by atoms with Crippen LogP contribution in [-0.4, -0.2) is 59.5 Å². The Labute approximate surface area is 231 Å². The van der Waals surface area contributed by atoms with Gasteiger partial charge < -0.3 is 31.9 Å². The Kier molecular flexibility index (Phi) is 9.79. The number of carbonyl (C=O) groups excluding carboxylic acids is 2. The molecule has 0 unspecified atom stereocenters. The summed E-state index contributed by atoms with van der Waals surface area (Å²) < 4.78 is 30.0. The van der Waals surface area contributed by atoms with Crippen LogP contribution in [0.1, 0.15) is 42.1 Å². The van der Waals surface area contributed by atoms with Crippen LogP contribution in [0.25, 0.3) is 11.3 Å². The maximum Gasteiger partial charge on any atom is 0.319 e. The van der Waals surface area contributed by atoms with Gasteiger partial charge in [0.05, 0.1) is 16.9 Å². The summed E-state index contributed by atoms with van der Waals surface area (Å²) in [6, 6.07) is 7.44. The first-order valence-corrected chi connectivity index (χ1v) is 13.3. The van der Waals surface area contributed by atoms with Gasteiger partial charge in [0.1, 0.15) is 23.3 Å². The maximum atomic E-state index is 15.1. The van der Waals surface area contributed by atoms with Crippen LogP contribution in [0.15, 0.2) is 42.6 Å². The fraction of sp³-hybridized carbons (Fsp3) is 0.357. The van der Waals surface area contributed by atoms with Crippen molar-refractivity contribution in [1.82, 2.24) is 25.5 Å². The van der Waals surface area contributed by atoms with Gasteiger partial charge in [0, 0.05) is 44.0 Å². The number of halogens is 2. The second kappa shape index (κ2) is 13.7. The minimum atomic E-state index is -0.841. The number of nitrogens with zero attached hydrogens (tertiary/aromatic N) is 3. The lowest BCUT2D eigenvalue weighted by atomic mass is 10.1. The molecule has 12 heteroatoms. The Morgan fingerprint density at radius 3 is 2.55 bits per heavy atom. The van der Waals surface area contributed by atoms with Gasteiger partial charge in [0.15, 0.2) is 0 Å². The molecule has 212 valence electrons. The summed E-state index contributed by atoms with van der Waals surface area (Å²) in [5.74, 6) is -1.30. The van der Waals surface area contributed by atoms with Gasteiger partial charge in [-0.1, -0.05) is 12.5 Å². The van der Waals surface area contributed by atoms with E-state index in [1.807, 2.05) is 6.92 Å². The largest absolute Gasteiger partial charge is 0.384 e. The number of anilines is 3. The number of rotatable bonds is 10. The summed E-state index contributed by atoms with van der Waals surface area (Å²) in [7, 11) is 0. The van der Waals surface area contributed by atoms with Crippen molar-refractivity contribution >= 4 is 29.3 Å². The zero-order valence-corrected chi connectivity index (χ0v) is 22.4. The summed E-state index contributed by atoms with van der Waals surface area (Å²) in [4.78, 5) is 35.8. The molecule has 0 spiro atoms. The normalized spacial score (nSPS) is 13.5. The van der Waals surface area contributed by atoms with Gasteiger partial charge >= 0.3 is 6.03 Å². The maximum absolute atomic E-state index is 15.1. The monoisotopic (exact) mass is 552 g/mol. The number of hydrogen-bond acceptors (Lipinski definition) is 7. The molecule has 0 atom stereocenters. The summed E-state index contributed by atoms with van der Waals surface area (Å²) in [6.45, 7) is 5.80. The van der Waals surface area contributed by atoms with E-state index in [1.165, 1.54) is 31.5 Å². The van der Waals surface area contributed by atoms with Crippen molar-refractivity contribution in [2.75, 3.05) is 49.1 Å². The van der Waals surface area contributed by atoms with Crippen molar-refractivity contribution in [2.24, 2.45) is 0 Å². The molecule has 0 saturated carbocycles. The van der Waals surface area contributed by atoms with Crippen molar-refractivity contribution in [3.8, 4) is 11.3 Å². The van der Waals surface area contributed by atoms with Crippen LogP contribution in [0, 0.1) is 11.6 Å². The molecule has 6 N–H and O–H groups in total. The third-order valence-electron chi connectivity index (χ3n) is 6.53. The fourth-order valence-corrected chi connectivity index (χ4v) is 4.43. The first-order valence-electron chi connectivity index (χ1n) is 13.3. The number of aromatic nitrogens is 2. The summed E-state index contributed by atoms with van der Waals surface area (Å²) in [5, 5.41) is 10.8. The molecule has 40 heavy (non-hydrogen) atoms.